The normalized spacial score (nSPS) is 24.9. The molecule has 0 amide bonds. The van der Waals surface area contributed by atoms with Crippen LogP contribution in [0.5, 0.6) is 0 Å². The number of hydrogen-bond acceptors (Lipinski definition) is 2. The fourth-order valence-corrected chi connectivity index (χ4v) is 17.7. The van der Waals surface area contributed by atoms with E-state index >= 15 is 8.78 Å². The minimum Gasteiger partial charge on any atom is -0.334 e. The van der Waals surface area contributed by atoms with E-state index in [9.17, 15) is 0 Å². The van der Waals surface area contributed by atoms with Gasteiger partial charge in [-0.25, -0.2) is 8.78 Å². The van der Waals surface area contributed by atoms with Gasteiger partial charge in [0.2, 0.25) is 0 Å². The molecular weight excluding hydrogens is 967 g/mol. The largest absolute Gasteiger partial charge is 0.334 e. The molecule has 1 spiro atoms. The van der Waals surface area contributed by atoms with Crippen LogP contribution in [0, 0.1) is 11.6 Å². The zero-order valence-electron chi connectivity index (χ0n) is 45.3. The van der Waals surface area contributed by atoms with Crippen LogP contribution < -0.4 is 9.80 Å². The lowest BCUT2D eigenvalue weighted by atomic mass is 9.61. The smallest absolute Gasteiger partial charge is 0.125 e. The maximum absolute atomic E-state index is 15.1. The monoisotopic (exact) mass is 1030 g/mol. The first-order chi connectivity index (χ1) is 38.4. The van der Waals surface area contributed by atoms with E-state index in [0.717, 1.165) is 49.9 Å². The van der Waals surface area contributed by atoms with Crippen molar-refractivity contribution in [1.82, 2.24) is 0 Å². The number of anilines is 4. The van der Waals surface area contributed by atoms with Crippen LogP contribution in [0.2, 0.25) is 0 Å². The topological polar surface area (TPSA) is 6.48 Å². The van der Waals surface area contributed by atoms with Crippen molar-refractivity contribution < 1.29 is 8.78 Å². The molecule has 2 saturated carbocycles. The van der Waals surface area contributed by atoms with Crippen molar-refractivity contribution in [2.24, 2.45) is 0 Å². The van der Waals surface area contributed by atoms with Crippen molar-refractivity contribution in [2.45, 2.75) is 106 Å². The first-order valence-corrected chi connectivity index (χ1v) is 28.9. The summed E-state index contributed by atoms with van der Waals surface area (Å²) in [5.41, 5.74) is 20.9. The first-order valence-electron chi connectivity index (χ1n) is 28.9. The van der Waals surface area contributed by atoms with Crippen LogP contribution in [0.3, 0.4) is 0 Å². The van der Waals surface area contributed by atoms with Gasteiger partial charge in [-0.2, -0.15) is 0 Å². The van der Waals surface area contributed by atoms with Gasteiger partial charge in [-0.3, -0.25) is 0 Å². The molecule has 0 bridgehead atoms. The van der Waals surface area contributed by atoms with Crippen LogP contribution in [0.15, 0.2) is 194 Å². The summed E-state index contributed by atoms with van der Waals surface area (Å²) in [4.78, 5) is 4.94. The summed E-state index contributed by atoms with van der Waals surface area (Å²) >= 11 is 0. The van der Waals surface area contributed by atoms with Gasteiger partial charge < -0.3 is 9.80 Å². The molecule has 0 radical (unpaired) electrons. The molecule has 384 valence electrons. The Morgan fingerprint density at radius 2 is 0.835 bits per heavy atom. The summed E-state index contributed by atoms with van der Waals surface area (Å²) in [7, 11) is 0. The Morgan fingerprint density at radius 3 is 1.39 bits per heavy atom. The van der Waals surface area contributed by atoms with E-state index in [1.807, 2.05) is 12.1 Å². The number of benzene rings is 11. The molecule has 0 saturated heterocycles. The van der Waals surface area contributed by atoms with Crippen LogP contribution >= 0.6 is 0 Å². The van der Waals surface area contributed by atoms with Crippen molar-refractivity contribution in [3.05, 3.63) is 239 Å². The summed E-state index contributed by atoms with van der Waals surface area (Å²) in [6.45, 7) is 9.78. The second-order valence-corrected chi connectivity index (χ2v) is 25.2. The molecule has 17 rings (SSSR count). The molecule has 2 heterocycles. The van der Waals surface area contributed by atoms with Gasteiger partial charge in [-0.05, 0) is 229 Å². The van der Waals surface area contributed by atoms with Gasteiger partial charge >= 0.3 is 0 Å². The van der Waals surface area contributed by atoms with E-state index in [0.29, 0.717) is 0 Å². The van der Waals surface area contributed by atoms with Crippen LogP contribution in [-0.2, 0) is 16.2 Å². The zero-order chi connectivity index (χ0) is 53.0. The zero-order valence-corrected chi connectivity index (χ0v) is 45.3. The van der Waals surface area contributed by atoms with E-state index in [1.54, 1.807) is 24.3 Å². The molecule has 0 N–H and O–H groups in total. The van der Waals surface area contributed by atoms with E-state index < -0.39 is 5.41 Å². The number of fused-ring (bicyclic) bond motifs is 17. The molecule has 4 unspecified atom stereocenters. The molecule has 6 aliphatic rings. The maximum Gasteiger partial charge on any atom is 0.125 e. The van der Waals surface area contributed by atoms with Gasteiger partial charge in [0.25, 0.3) is 0 Å². The van der Waals surface area contributed by atoms with Crippen molar-refractivity contribution in [3.63, 3.8) is 0 Å². The van der Waals surface area contributed by atoms with Crippen LogP contribution in [-0.4, -0.2) is 11.1 Å². The van der Waals surface area contributed by atoms with E-state index in [4.69, 9.17) is 0 Å². The third kappa shape index (κ3) is 5.65. The van der Waals surface area contributed by atoms with Crippen LogP contribution in [0.4, 0.5) is 31.5 Å². The molecule has 2 nitrogen and oxygen atoms in total. The first kappa shape index (κ1) is 45.9. The lowest BCUT2D eigenvalue weighted by Gasteiger charge is -2.50. The van der Waals surface area contributed by atoms with Crippen LogP contribution in [0.1, 0.15) is 112 Å². The second-order valence-electron chi connectivity index (χ2n) is 25.2. The fourth-order valence-electron chi connectivity index (χ4n) is 17.7. The number of nitrogens with zero attached hydrogens (tertiary/aromatic N) is 2. The molecule has 0 aromatic heterocycles. The lowest BCUT2D eigenvalue weighted by Crippen LogP contribution is -2.54. The molecule has 4 atom stereocenters. The maximum atomic E-state index is 15.1. The fraction of sp³-hybridized carbons (Fsp3) is 0.227. The molecular formula is C75H60F2N2. The Morgan fingerprint density at radius 1 is 0.354 bits per heavy atom. The van der Waals surface area contributed by atoms with E-state index in [1.165, 1.54) is 134 Å². The van der Waals surface area contributed by atoms with Gasteiger partial charge in [-0.1, -0.05) is 155 Å². The molecule has 11 aromatic rings. The molecule has 2 aliphatic heterocycles. The van der Waals surface area contributed by atoms with Crippen molar-refractivity contribution in [1.29, 1.82) is 0 Å². The van der Waals surface area contributed by atoms with Crippen LogP contribution in [0.25, 0.3) is 76.8 Å². The Hall–Kier alpha value is -8.08. The van der Waals surface area contributed by atoms with Crippen molar-refractivity contribution >= 4 is 55.1 Å². The van der Waals surface area contributed by atoms with Crippen molar-refractivity contribution in [3.8, 4) is 44.5 Å². The predicted octanol–water partition coefficient (Wildman–Crippen LogP) is 20.0. The summed E-state index contributed by atoms with van der Waals surface area (Å²) in [5, 5.41) is 7.79. The summed E-state index contributed by atoms with van der Waals surface area (Å²) < 4.78 is 30.2. The lowest BCUT2D eigenvalue weighted by molar-refractivity contribution is 0.195. The second kappa shape index (κ2) is 15.6. The van der Waals surface area contributed by atoms with E-state index in [-0.39, 0.29) is 33.5 Å². The number of halogens is 2. The number of hydrogen-bond donors (Lipinski definition) is 0. The SMILES string of the molecule is CC12CCCCC1(C)N(c1cccc(F)c1)c1ccc(-c3ccc4c(c3)C3(c5cc(-c6ccc7c(c6)C6(C)CCCCC6(C)N7c6cccc(F)c6)ccc5-4)c4ccccc4-c4c3cc3ccc5cccc6ccc4c3c56)cc12. The molecule has 2 fully saturated rings. The Kier molecular flexibility index (Phi) is 9.06. The van der Waals surface area contributed by atoms with Gasteiger partial charge in [0.1, 0.15) is 11.6 Å². The number of rotatable bonds is 4. The minimum absolute atomic E-state index is 0.126. The van der Waals surface area contributed by atoms with Gasteiger partial charge in [0.15, 0.2) is 0 Å². The third-order valence-corrected chi connectivity index (χ3v) is 21.8. The standard InChI is InChI=1S/C75H60F2N2/c1-71-34-7-9-36-73(71,3)78(54-18-12-16-52(76)43-54)66-32-27-49(40-63(66)71)47-25-29-56-57-30-26-48(50-28-33-67-64(41-50)72(2)35-8-10-37-74(72,4)79(67)55-19-13-17-53(77)44-55)39-62(57)75(61(56)38-47)60-21-6-5-20-58(60)70-59-31-24-46-15-11-14-45-22-23-51(42-65(70)75)69(59)68(45)46/h5-6,11-33,38-44H,7-10,34-37H2,1-4H3. The molecule has 79 heavy (non-hydrogen) atoms. The molecule has 11 aromatic carbocycles. The minimum atomic E-state index is -0.634. The Labute approximate surface area is 461 Å². The predicted molar refractivity (Wildman–Crippen MR) is 323 cm³/mol. The third-order valence-electron chi connectivity index (χ3n) is 21.8. The Bertz CT molecular complexity index is 4280. The highest BCUT2D eigenvalue weighted by Crippen LogP contribution is 2.67. The molecule has 4 heteroatoms. The average Bonchev–Trinajstić information content (AvgIpc) is 3.20. The van der Waals surface area contributed by atoms with Gasteiger partial charge in [0, 0.05) is 33.6 Å². The highest BCUT2D eigenvalue weighted by atomic mass is 19.1. The molecule has 4 aliphatic carbocycles. The average molecular weight is 1030 g/mol. The van der Waals surface area contributed by atoms with Gasteiger partial charge in [0.05, 0.1) is 16.5 Å². The van der Waals surface area contributed by atoms with Gasteiger partial charge in [-0.15, -0.1) is 0 Å². The van der Waals surface area contributed by atoms with Crippen molar-refractivity contribution in [2.75, 3.05) is 9.80 Å². The summed E-state index contributed by atoms with van der Waals surface area (Å²) in [5.74, 6) is -0.402. The summed E-state index contributed by atoms with van der Waals surface area (Å²) in [6.07, 6.45) is 8.92. The highest BCUT2D eigenvalue weighted by molar-refractivity contribution is 6.27. The Balaban J connectivity index is 0.897. The van der Waals surface area contributed by atoms with E-state index in [2.05, 4.69) is 195 Å². The summed E-state index contributed by atoms with van der Waals surface area (Å²) in [6, 6.07) is 71.4. The highest BCUT2D eigenvalue weighted by Gasteiger charge is 2.60. The quantitative estimate of drug-likeness (QED) is 0.162.